The minimum Gasteiger partial charge on any atom is -0.242 e. The van der Waals surface area contributed by atoms with Gasteiger partial charge >= 0.3 is 0 Å². The third kappa shape index (κ3) is 4.86. The van der Waals surface area contributed by atoms with E-state index in [9.17, 15) is 21.8 Å². The molecule has 2 nitrogen and oxygen atoms in total. The Hall–Kier alpha value is -0.950. The molecule has 0 saturated carbocycles. The lowest BCUT2D eigenvalue weighted by Gasteiger charge is -2.22. The maximum absolute atomic E-state index is 13.7. The largest absolute Gasteiger partial charge is 0.265 e. The van der Waals surface area contributed by atoms with Crippen molar-refractivity contribution in [3.8, 4) is 0 Å². The van der Waals surface area contributed by atoms with E-state index in [0.717, 1.165) is 12.1 Å². The summed E-state index contributed by atoms with van der Waals surface area (Å²) in [4.78, 5) is 0. The van der Waals surface area contributed by atoms with E-state index in [1.807, 2.05) is 0 Å². The van der Waals surface area contributed by atoms with Gasteiger partial charge in [0.2, 0.25) is 0 Å². The normalized spacial score (nSPS) is 14.3. The number of halogens is 4. The molecule has 0 aromatic heterocycles. The summed E-state index contributed by atoms with van der Waals surface area (Å²) in [5, 5.41) is 0. The molecular formula is C13H17F4NOS. The minimum atomic E-state index is -3.32. The Morgan fingerprint density at radius 3 is 2.35 bits per heavy atom. The number of nitrogens with one attached hydrogen (secondary N) is 1. The second kappa shape index (κ2) is 6.22. The van der Waals surface area contributed by atoms with Crippen molar-refractivity contribution in [1.82, 2.24) is 4.72 Å². The molecule has 1 unspecified atom stereocenters. The van der Waals surface area contributed by atoms with Crippen LogP contribution in [0.2, 0.25) is 0 Å². The molecular weight excluding hydrogens is 294 g/mol. The molecule has 1 N–H and O–H groups in total. The number of benzene rings is 1. The second-order valence-corrected chi connectivity index (χ2v) is 7.50. The molecule has 114 valence electrons. The molecule has 0 fully saturated rings. The van der Waals surface area contributed by atoms with Crippen molar-refractivity contribution in [3.05, 3.63) is 35.4 Å². The molecule has 0 spiro atoms. The fraction of sp³-hybridized carbons (Fsp3) is 0.538. The molecule has 1 aromatic rings. The molecule has 0 radical (unpaired) electrons. The van der Waals surface area contributed by atoms with Gasteiger partial charge in [0, 0.05) is 6.42 Å². The number of hydrogen-bond acceptors (Lipinski definition) is 1. The van der Waals surface area contributed by atoms with E-state index in [-0.39, 0.29) is 0 Å². The summed E-state index contributed by atoms with van der Waals surface area (Å²) in [5.41, 5.74) is -0.404. The summed E-state index contributed by atoms with van der Waals surface area (Å²) in [5.74, 6) is -5.76. The van der Waals surface area contributed by atoms with E-state index < -0.39 is 51.8 Å². The minimum absolute atomic E-state index is 0.404. The average Bonchev–Trinajstić information content (AvgIpc) is 2.30. The summed E-state index contributed by atoms with van der Waals surface area (Å²) >= 11 is 0. The monoisotopic (exact) mass is 311 g/mol. The Morgan fingerprint density at radius 2 is 1.80 bits per heavy atom. The predicted molar refractivity (Wildman–Crippen MR) is 70.9 cm³/mol. The van der Waals surface area contributed by atoms with Gasteiger partial charge in [0.05, 0.1) is 22.3 Å². The van der Waals surface area contributed by atoms with E-state index in [1.165, 1.54) is 6.07 Å². The van der Waals surface area contributed by atoms with Crippen LogP contribution in [0.3, 0.4) is 0 Å². The van der Waals surface area contributed by atoms with Gasteiger partial charge in [-0.1, -0.05) is 12.1 Å². The summed E-state index contributed by atoms with van der Waals surface area (Å²) in [6, 6.07) is 3.14. The quantitative estimate of drug-likeness (QED) is 0.831. The van der Waals surface area contributed by atoms with E-state index >= 15 is 0 Å². The molecule has 1 aromatic carbocycles. The Labute approximate surface area is 118 Å². The fourth-order valence-electron chi connectivity index (χ4n) is 1.41. The predicted octanol–water partition coefficient (Wildman–Crippen LogP) is 3.19. The SMILES string of the molecule is CC(C)(C)S(=O)NCC(F)(F)Cc1cccc(F)c1F. The highest BCUT2D eigenvalue weighted by atomic mass is 32.2. The van der Waals surface area contributed by atoms with Gasteiger partial charge in [-0.05, 0) is 32.4 Å². The van der Waals surface area contributed by atoms with Crippen LogP contribution in [0, 0.1) is 11.6 Å². The van der Waals surface area contributed by atoms with Crippen LogP contribution in [-0.4, -0.2) is 21.4 Å². The zero-order chi connectivity index (χ0) is 15.6. The first-order chi connectivity index (χ1) is 9.03. The van der Waals surface area contributed by atoms with E-state index in [4.69, 9.17) is 0 Å². The molecule has 0 heterocycles. The average molecular weight is 311 g/mol. The Kier molecular flexibility index (Phi) is 5.32. The van der Waals surface area contributed by atoms with Gasteiger partial charge in [0.1, 0.15) is 0 Å². The first-order valence-corrected chi connectivity index (χ1v) is 7.14. The van der Waals surface area contributed by atoms with Gasteiger partial charge in [0.25, 0.3) is 5.92 Å². The van der Waals surface area contributed by atoms with E-state index in [1.54, 1.807) is 20.8 Å². The maximum atomic E-state index is 13.7. The van der Waals surface area contributed by atoms with Crippen LogP contribution < -0.4 is 4.72 Å². The summed E-state index contributed by atoms with van der Waals surface area (Å²) in [7, 11) is -1.65. The van der Waals surface area contributed by atoms with Crippen LogP contribution >= 0.6 is 0 Å². The first-order valence-electron chi connectivity index (χ1n) is 5.99. The van der Waals surface area contributed by atoms with Crippen LogP contribution in [0.15, 0.2) is 18.2 Å². The standard InChI is InChI=1S/C13H17F4NOS/c1-12(2,3)20(19)18-8-13(16,17)7-9-5-4-6-10(14)11(9)15/h4-6,18H,7-8H2,1-3H3. The van der Waals surface area contributed by atoms with Crippen molar-refractivity contribution >= 4 is 11.0 Å². The lowest BCUT2D eigenvalue weighted by atomic mass is 10.1. The topological polar surface area (TPSA) is 29.1 Å². The number of hydrogen-bond donors (Lipinski definition) is 1. The molecule has 1 atom stereocenters. The summed E-state index contributed by atoms with van der Waals surface area (Å²) < 4.78 is 66.8. The van der Waals surface area contributed by atoms with Crippen molar-refractivity contribution in [1.29, 1.82) is 0 Å². The van der Waals surface area contributed by atoms with Crippen LogP contribution in [0.5, 0.6) is 0 Å². The highest BCUT2D eigenvalue weighted by Gasteiger charge is 2.33. The van der Waals surface area contributed by atoms with Crippen LogP contribution in [0.25, 0.3) is 0 Å². The Morgan fingerprint density at radius 1 is 1.20 bits per heavy atom. The molecule has 0 aliphatic carbocycles. The first kappa shape index (κ1) is 17.1. The van der Waals surface area contributed by atoms with E-state index in [2.05, 4.69) is 4.72 Å². The van der Waals surface area contributed by atoms with Gasteiger partial charge < -0.3 is 0 Å². The van der Waals surface area contributed by atoms with E-state index in [0.29, 0.717) is 0 Å². The molecule has 0 bridgehead atoms. The van der Waals surface area contributed by atoms with Crippen molar-refractivity contribution in [2.75, 3.05) is 6.54 Å². The van der Waals surface area contributed by atoms with Gasteiger partial charge in [-0.15, -0.1) is 0 Å². The highest BCUT2D eigenvalue weighted by molar-refractivity contribution is 7.84. The molecule has 0 aliphatic rings. The third-order valence-corrected chi connectivity index (χ3v) is 4.02. The van der Waals surface area contributed by atoms with Gasteiger partial charge in [-0.2, -0.15) is 0 Å². The Bertz CT molecular complexity index is 500. The smallest absolute Gasteiger partial charge is 0.242 e. The van der Waals surface area contributed by atoms with Crippen molar-refractivity contribution in [3.63, 3.8) is 0 Å². The number of alkyl halides is 2. The van der Waals surface area contributed by atoms with Crippen molar-refractivity contribution in [2.45, 2.75) is 37.9 Å². The van der Waals surface area contributed by atoms with Crippen LogP contribution in [-0.2, 0) is 17.4 Å². The molecule has 1 rings (SSSR count). The number of rotatable bonds is 5. The Balaban J connectivity index is 2.71. The molecule has 0 saturated heterocycles. The molecule has 20 heavy (non-hydrogen) atoms. The lowest BCUT2D eigenvalue weighted by molar-refractivity contribution is 0.00707. The highest BCUT2D eigenvalue weighted by Crippen LogP contribution is 2.23. The van der Waals surface area contributed by atoms with Gasteiger partial charge in [-0.25, -0.2) is 26.5 Å². The van der Waals surface area contributed by atoms with Crippen LogP contribution in [0.1, 0.15) is 26.3 Å². The van der Waals surface area contributed by atoms with Crippen molar-refractivity contribution < 1.29 is 21.8 Å². The van der Waals surface area contributed by atoms with Gasteiger partial charge in [-0.3, -0.25) is 0 Å². The summed E-state index contributed by atoms with van der Waals surface area (Å²) in [6.07, 6.45) is -0.953. The lowest BCUT2D eigenvalue weighted by Crippen LogP contribution is -2.41. The third-order valence-electron chi connectivity index (χ3n) is 2.50. The zero-order valence-corrected chi connectivity index (χ0v) is 12.3. The fourth-order valence-corrected chi connectivity index (χ4v) is 2.19. The second-order valence-electron chi connectivity index (χ2n) is 5.45. The maximum Gasteiger partial charge on any atom is 0.265 e. The van der Waals surface area contributed by atoms with Crippen molar-refractivity contribution in [2.24, 2.45) is 0 Å². The summed E-state index contributed by atoms with van der Waals surface area (Å²) in [6.45, 7) is 4.05. The van der Waals surface area contributed by atoms with Crippen LogP contribution in [0.4, 0.5) is 17.6 Å². The molecule has 0 amide bonds. The molecule has 7 heteroatoms. The molecule has 0 aliphatic heterocycles. The zero-order valence-electron chi connectivity index (χ0n) is 11.5. The van der Waals surface area contributed by atoms with Gasteiger partial charge in [0.15, 0.2) is 11.6 Å².